The Balaban J connectivity index is 1.28. The van der Waals surface area contributed by atoms with E-state index in [2.05, 4.69) is 19.8 Å². The molecular formula is C25H32N4O3. The highest BCUT2D eigenvalue weighted by atomic mass is 16.5. The van der Waals surface area contributed by atoms with Crippen LogP contribution in [0.4, 0.5) is 5.95 Å². The number of aromatic nitrogens is 2. The largest absolute Gasteiger partial charge is 0.497 e. The molecule has 0 radical (unpaired) electrons. The smallest absolute Gasteiger partial charge is 0.230 e. The van der Waals surface area contributed by atoms with E-state index in [-0.39, 0.29) is 11.5 Å². The van der Waals surface area contributed by atoms with E-state index in [1.54, 1.807) is 7.11 Å². The second kappa shape index (κ2) is 8.70. The van der Waals surface area contributed by atoms with Gasteiger partial charge in [0, 0.05) is 43.6 Å². The molecule has 2 aromatic rings. The van der Waals surface area contributed by atoms with Crippen molar-refractivity contribution in [3.8, 4) is 16.9 Å². The van der Waals surface area contributed by atoms with E-state index >= 15 is 0 Å². The minimum absolute atomic E-state index is 0.193. The summed E-state index contributed by atoms with van der Waals surface area (Å²) in [7, 11) is 1.66. The van der Waals surface area contributed by atoms with Gasteiger partial charge in [0.15, 0.2) is 0 Å². The van der Waals surface area contributed by atoms with E-state index in [1.165, 1.54) is 0 Å². The van der Waals surface area contributed by atoms with Crippen molar-refractivity contribution in [2.75, 3.05) is 31.6 Å². The maximum Gasteiger partial charge on any atom is 0.230 e. The summed E-state index contributed by atoms with van der Waals surface area (Å²) in [6.07, 6.45) is 9.81. The predicted molar refractivity (Wildman–Crippen MR) is 122 cm³/mol. The number of aliphatic hydroxyl groups excluding tert-OH is 1. The van der Waals surface area contributed by atoms with Gasteiger partial charge < -0.3 is 19.6 Å². The fraction of sp³-hybridized carbons (Fsp3) is 0.560. The maximum absolute atomic E-state index is 13.5. The highest BCUT2D eigenvalue weighted by Gasteiger charge is 2.50. The summed E-state index contributed by atoms with van der Waals surface area (Å²) in [6.45, 7) is 2.41. The van der Waals surface area contributed by atoms with Gasteiger partial charge in [0.1, 0.15) is 5.75 Å². The third-order valence-corrected chi connectivity index (χ3v) is 7.57. The predicted octanol–water partition coefficient (Wildman–Crippen LogP) is 3.27. The SMILES string of the molecule is COc1ccc(-c2cnc(N3CCC[C@@]4(CCN(C5CCC(O)CC5)C4=O)C3)nc2)cc1. The third-order valence-electron chi connectivity index (χ3n) is 7.57. The molecule has 2 saturated heterocycles. The number of aliphatic hydroxyl groups is 1. The van der Waals surface area contributed by atoms with Crippen LogP contribution in [-0.4, -0.2) is 64.8 Å². The summed E-state index contributed by atoms with van der Waals surface area (Å²) in [5.74, 6) is 1.83. The van der Waals surface area contributed by atoms with Crippen molar-refractivity contribution in [2.24, 2.45) is 5.41 Å². The van der Waals surface area contributed by atoms with Crippen molar-refractivity contribution < 1.29 is 14.6 Å². The lowest BCUT2D eigenvalue weighted by Gasteiger charge is -2.40. The lowest BCUT2D eigenvalue weighted by atomic mass is 9.78. The number of methoxy groups -OCH3 is 1. The quantitative estimate of drug-likeness (QED) is 0.793. The fourth-order valence-corrected chi connectivity index (χ4v) is 5.66. The first kappa shape index (κ1) is 21.2. The molecule has 7 heteroatoms. The summed E-state index contributed by atoms with van der Waals surface area (Å²) >= 11 is 0. The second-order valence-electron chi connectivity index (χ2n) is 9.52. The third kappa shape index (κ3) is 3.94. The van der Waals surface area contributed by atoms with Crippen LogP contribution in [0.1, 0.15) is 44.9 Å². The number of anilines is 1. The summed E-state index contributed by atoms with van der Waals surface area (Å²) in [4.78, 5) is 27.1. The molecule has 1 N–H and O–H groups in total. The highest BCUT2D eigenvalue weighted by Crippen LogP contribution is 2.43. The number of hydrogen-bond acceptors (Lipinski definition) is 6. The molecule has 0 bridgehead atoms. The van der Waals surface area contributed by atoms with Gasteiger partial charge in [-0.1, -0.05) is 12.1 Å². The number of benzene rings is 1. The Hall–Kier alpha value is -2.67. The Labute approximate surface area is 189 Å². The van der Waals surface area contributed by atoms with Crippen LogP contribution in [0, 0.1) is 5.41 Å². The van der Waals surface area contributed by atoms with Gasteiger partial charge in [-0.15, -0.1) is 0 Å². The number of carbonyl (C=O) groups excluding carboxylic acids is 1. The van der Waals surface area contributed by atoms with E-state index in [4.69, 9.17) is 4.74 Å². The summed E-state index contributed by atoms with van der Waals surface area (Å²) in [5, 5.41) is 9.82. The Morgan fingerprint density at radius 3 is 2.41 bits per heavy atom. The van der Waals surface area contributed by atoms with Gasteiger partial charge in [0.25, 0.3) is 0 Å². The average Bonchev–Trinajstić information content (AvgIpc) is 3.15. The van der Waals surface area contributed by atoms with E-state index in [1.807, 2.05) is 36.7 Å². The van der Waals surface area contributed by atoms with E-state index < -0.39 is 0 Å². The van der Waals surface area contributed by atoms with Crippen LogP contribution in [0.5, 0.6) is 5.75 Å². The van der Waals surface area contributed by atoms with Crippen LogP contribution in [-0.2, 0) is 4.79 Å². The van der Waals surface area contributed by atoms with Crippen molar-refractivity contribution in [3.63, 3.8) is 0 Å². The first-order chi connectivity index (χ1) is 15.6. The maximum atomic E-state index is 13.5. The minimum atomic E-state index is -0.313. The molecular weight excluding hydrogens is 404 g/mol. The van der Waals surface area contributed by atoms with E-state index in [0.717, 1.165) is 74.9 Å². The number of piperidine rings is 1. The van der Waals surface area contributed by atoms with Gasteiger partial charge in [-0.3, -0.25) is 4.79 Å². The number of rotatable bonds is 4. The molecule has 0 unspecified atom stereocenters. The van der Waals surface area contributed by atoms with Crippen molar-refractivity contribution in [1.29, 1.82) is 0 Å². The van der Waals surface area contributed by atoms with Crippen molar-refractivity contribution in [2.45, 2.75) is 57.1 Å². The zero-order valence-corrected chi connectivity index (χ0v) is 18.7. The number of nitrogens with zero attached hydrogens (tertiary/aromatic N) is 4. The first-order valence-corrected chi connectivity index (χ1v) is 11.8. The standard InChI is InChI=1S/C25H32N4O3/c1-32-22-9-3-18(4-10-22)19-15-26-24(27-16-19)28-13-2-11-25(17-28)12-14-29(23(25)31)20-5-7-21(30)8-6-20/h3-4,9-10,15-16,20-21,30H,2,5-8,11-14,17H2,1H3/t20?,21?,25-/m1/s1. The molecule has 1 aliphatic carbocycles. The summed E-state index contributed by atoms with van der Waals surface area (Å²) < 4.78 is 5.23. The molecule has 3 fully saturated rings. The van der Waals surface area contributed by atoms with Gasteiger partial charge in [0.2, 0.25) is 11.9 Å². The Bertz CT molecular complexity index is 941. The molecule has 1 atom stereocenters. The zero-order chi connectivity index (χ0) is 22.1. The molecule has 1 amide bonds. The normalized spacial score (nSPS) is 28.4. The van der Waals surface area contributed by atoms with E-state index in [9.17, 15) is 9.90 Å². The average molecular weight is 437 g/mol. The van der Waals surface area contributed by atoms with Crippen molar-refractivity contribution >= 4 is 11.9 Å². The van der Waals surface area contributed by atoms with Gasteiger partial charge in [-0.25, -0.2) is 9.97 Å². The molecule has 2 aliphatic heterocycles. The topological polar surface area (TPSA) is 78.8 Å². The highest BCUT2D eigenvalue weighted by molar-refractivity contribution is 5.86. The van der Waals surface area contributed by atoms with Crippen LogP contribution in [0.3, 0.4) is 0 Å². The molecule has 3 heterocycles. The van der Waals surface area contributed by atoms with Crippen LogP contribution in [0.15, 0.2) is 36.7 Å². The Kier molecular flexibility index (Phi) is 5.76. The molecule has 1 aromatic heterocycles. The molecule has 5 rings (SSSR count). The first-order valence-electron chi connectivity index (χ1n) is 11.8. The molecule has 7 nitrogen and oxygen atoms in total. The minimum Gasteiger partial charge on any atom is -0.497 e. The van der Waals surface area contributed by atoms with Gasteiger partial charge >= 0.3 is 0 Å². The van der Waals surface area contributed by atoms with Gasteiger partial charge in [0.05, 0.1) is 18.6 Å². The zero-order valence-electron chi connectivity index (χ0n) is 18.7. The fourth-order valence-electron chi connectivity index (χ4n) is 5.66. The Morgan fingerprint density at radius 2 is 1.72 bits per heavy atom. The summed E-state index contributed by atoms with van der Waals surface area (Å²) in [5.41, 5.74) is 1.70. The van der Waals surface area contributed by atoms with Crippen molar-refractivity contribution in [1.82, 2.24) is 14.9 Å². The number of likely N-dealkylation sites (tertiary alicyclic amines) is 1. The van der Waals surface area contributed by atoms with Crippen LogP contribution >= 0.6 is 0 Å². The van der Waals surface area contributed by atoms with Gasteiger partial charge in [-0.05, 0) is 62.6 Å². The molecule has 3 aliphatic rings. The monoisotopic (exact) mass is 436 g/mol. The molecule has 1 spiro atoms. The van der Waals surface area contributed by atoms with E-state index in [0.29, 0.717) is 24.4 Å². The van der Waals surface area contributed by atoms with Crippen LogP contribution in [0.25, 0.3) is 11.1 Å². The molecule has 170 valence electrons. The number of amides is 1. The van der Waals surface area contributed by atoms with Crippen LogP contribution < -0.4 is 9.64 Å². The lowest BCUT2D eigenvalue weighted by Crippen LogP contribution is -2.50. The molecule has 32 heavy (non-hydrogen) atoms. The number of hydrogen-bond donors (Lipinski definition) is 1. The van der Waals surface area contributed by atoms with Gasteiger partial charge in [-0.2, -0.15) is 0 Å². The van der Waals surface area contributed by atoms with Crippen molar-refractivity contribution in [3.05, 3.63) is 36.7 Å². The lowest BCUT2D eigenvalue weighted by molar-refractivity contribution is -0.139. The molecule has 1 saturated carbocycles. The Morgan fingerprint density at radius 1 is 1.00 bits per heavy atom. The number of ether oxygens (including phenoxy) is 1. The second-order valence-corrected chi connectivity index (χ2v) is 9.52. The molecule has 1 aromatic carbocycles. The van der Waals surface area contributed by atoms with Crippen LogP contribution in [0.2, 0.25) is 0 Å². The summed E-state index contributed by atoms with van der Waals surface area (Å²) in [6, 6.07) is 8.16. The number of carbonyl (C=O) groups is 1.